The third-order valence-electron chi connectivity index (χ3n) is 4.78. The van der Waals surface area contributed by atoms with Crippen LogP contribution in [0.4, 0.5) is 8.78 Å². The first kappa shape index (κ1) is 16.7. The van der Waals surface area contributed by atoms with E-state index >= 15 is 0 Å². The van der Waals surface area contributed by atoms with Crippen molar-refractivity contribution in [3.05, 3.63) is 35.4 Å². The van der Waals surface area contributed by atoms with Crippen molar-refractivity contribution >= 4 is 11.6 Å². The van der Waals surface area contributed by atoms with Gasteiger partial charge in [-0.3, -0.25) is 0 Å². The highest BCUT2D eigenvalue weighted by molar-refractivity contribution is 6.20. The summed E-state index contributed by atoms with van der Waals surface area (Å²) >= 11 is 6.52. The molecule has 0 amide bonds. The quantitative estimate of drug-likeness (QED) is 0.555. The molecule has 1 saturated carbocycles. The van der Waals surface area contributed by atoms with Crippen molar-refractivity contribution in [1.29, 1.82) is 0 Å². The second-order valence-electron chi connectivity index (χ2n) is 6.39. The van der Waals surface area contributed by atoms with Crippen LogP contribution >= 0.6 is 11.6 Å². The van der Waals surface area contributed by atoms with Crippen LogP contribution in [0.25, 0.3) is 0 Å². The van der Waals surface area contributed by atoms with Gasteiger partial charge in [0.1, 0.15) is 0 Å². The number of hydrogen-bond acceptors (Lipinski definition) is 0. The first-order valence-corrected chi connectivity index (χ1v) is 8.61. The van der Waals surface area contributed by atoms with Gasteiger partial charge in [-0.25, -0.2) is 8.78 Å². The Kier molecular flexibility index (Phi) is 6.47. The molecule has 3 heteroatoms. The van der Waals surface area contributed by atoms with Gasteiger partial charge in [0.05, 0.1) is 0 Å². The van der Waals surface area contributed by atoms with E-state index in [2.05, 4.69) is 6.92 Å². The molecule has 1 unspecified atom stereocenters. The van der Waals surface area contributed by atoms with Crippen molar-refractivity contribution in [3.63, 3.8) is 0 Å². The molecule has 1 aromatic carbocycles. The highest BCUT2D eigenvalue weighted by atomic mass is 35.5. The van der Waals surface area contributed by atoms with Gasteiger partial charge in [-0.05, 0) is 48.8 Å². The molecule has 1 atom stereocenters. The van der Waals surface area contributed by atoms with Crippen molar-refractivity contribution in [2.24, 2.45) is 11.8 Å². The van der Waals surface area contributed by atoms with Crippen molar-refractivity contribution in [3.8, 4) is 0 Å². The van der Waals surface area contributed by atoms with Crippen LogP contribution in [0.3, 0.4) is 0 Å². The number of benzene rings is 1. The van der Waals surface area contributed by atoms with Crippen LogP contribution in [0.5, 0.6) is 0 Å². The van der Waals surface area contributed by atoms with E-state index in [0.29, 0.717) is 12.3 Å². The summed E-state index contributed by atoms with van der Waals surface area (Å²) in [5.41, 5.74) is 0.794. The van der Waals surface area contributed by atoms with Crippen LogP contribution in [0, 0.1) is 23.5 Å². The van der Waals surface area contributed by atoms with Gasteiger partial charge in [0, 0.05) is 5.38 Å². The average Bonchev–Trinajstić information content (AvgIpc) is 2.49. The van der Waals surface area contributed by atoms with E-state index in [-0.39, 0.29) is 5.38 Å². The highest BCUT2D eigenvalue weighted by Gasteiger charge is 2.26. The zero-order valence-corrected chi connectivity index (χ0v) is 13.5. The normalized spacial score (nSPS) is 24.0. The van der Waals surface area contributed by atoms with Gasteiger partial charge in [0.15, 0.2) is 11.6 Å². The third kappa shape index (κ3) is 4.95. The molecule has 2 rings (SSSR count). The topological polar surface area (TPSA) is 0 Å². The fraction of sp³-hybridized carbons (Fsp3) is 0.667. The maximum atomic E-state index is 13.2. The van der Waals surface area contributed by atoms with Gasteiger partial charge in [-0.15, -0.1) is 11.6 Å². The lowest BCUT2D eigenvalue weighted by Crippen LogP contribution is -2.24. The molecule has 0 saturated heterocycles. The first-order chi connectivity index (χ1) is 10.1. The molecule has 0 spiro atoms. The minimum Gasteiger partial charge on any atom is -0.204 e. The van der Waals surface area contributed by atoms with Crippen LogP contribution in [-0.4, -0.2) is 5.38 Å². The monoisotopic (exact) mass is 314 g/mol. The lowest BCUT2D eigenvalue weighted by Gasteiger charge is -2.31. The van der Waals surface area contributed by atoms with Gasteiger partial charge >= 0.3 is 0 Å². The van der Waals surface area contributed by atoms with Crippen molar-refractivity contribution in [2.45, 2.75) is 63.7 Å². The average molecular weight is 315 g/mol. The molecule has 1 aliphatic rings. The van der Waals surface area contributed by atoms with E-state index < -0.39 is 11.6 Å². The number of halogens is 3. The lowest BCUT2D eigenvalue weighted by molar-refractivity contribution is 0.253. The lowest BCUT2D eigenvalue weighted by atomic mass is 9.77. The van der Waals surface area contributed by atoms with Gasteiger partial charge in [-0.2, -0.15) is 0 Å². The maximum Gasteiger partial charge on any atom is 0.159 e. The summed E-state index contributed by atoms with van der Waals surface area (Å²) < 4.78 is 26.2. The number of unbranched alkanes of at least 4 members (excludes halogenated alkanes) is 1. The smallest absolute Gasteiger partial charge is 0.159 e. The fourth-order valence-electron chi connectivity index (χ4n) is 3.39. The van der Waals surface area contributed by atoms with Gasteiger partial charge in [0.25, 0.3) is 0 Å². The largest absolute Gasteiger partial charge is 0.204 e. The van der Waals surface area contributed by atoms with Gasteiger partial charge in [0.2, 0.25) is 0 Å². The molecular weight excluding hydrogens is 290 g/mol. The molecule has 118 valence electrons. The molecule has 1 aliphatic carbocycles. The Labute approximate surface area is 131 Å². The third-order valence-corrected chi connectivity index (χ3v) is 5.29. The summed E-state index contributed by atoms with van der Waals surface area (Å²) in [5, 5.41) is 0.0296. The van der Waals surface area contributed by atoms with Crippen molar-refractivity contribution in [1.82, 2.24) is 0 Å². The van der Waals surface area contributed by atoms with Gasteiger partial charge < -0.3 is 0 Å². The van der Waals surface area contributed by atoms with Crippen LogP contribution < -0.4 is 0 Å². The van der Waals surface area contributed by atoms with E-state index in [1.165, 1.54) is 57.1 Å². The SMILES string of the molecule is CCCCC1CCC(C(Cl)Cc2ccc(F)c(F)c2)CC1. The zero-order valence-electron chi connectivity index (χ0n) is 12.8. The number of alkyl halides is 1. The molecule has 1 aromatic rings. The molecule has 1 fully saturated rings. The minimum absolute atomic E-state index is 0.0296. The zero-order chi connectivity index (χ0) is 15.2. The Morgan fingerprint density at radius 3 is 2.48 bits per heavy atom. The molecule has 0 radical (unpaired) electrons. The highest BCUT2D eigenvalue weighted by Crippen LogP contribution is 2.36. The second kappa shape index (κ2) is 8.12. The van der Waals surface area contributed by atoms with Crippen LogP contribution in [0.2, 0.25) is 0 Å². The molecular formula is C18H25ClF2. The maximum absolute atomic E-state index is 13.2. The molecule has 21 heavy (non-hydrogen) atoms. The predicted molar refractivity (Wildman–Crippen MR) is 84.7 cm³/mol. The molecule has 0 nitrogen and oxygen atoms in total. The van der Waals surface area contributed by atoms with E-state index in [1.807, 2.05) is 0 Å². The van der Waals surface area contributed by atoms with Crippen LogP contribution in [-0.2, 0) is 6.42 Å². The van der Waals surface area contributed by atoms with E-state index in [4.69, 9.17) is 11.6 Å². The fourth-order valence-corrected chi connectivity index (χ4v) is 3.82. The Morgan fingerprint density at radius 1 is 1.14 bits per heavy atom. The summed E-state index contributed by atoms with van der Waals surface area (Å²) in [7, 11) is 0. The summed E-state index contributed by atoms with van der Waals surface area (Å²) in [4.78, 5) is 0. The summed E-state index contributed by atoms with van der Waals surface area (Å²) in [5.74, 6) is -0.188. The molecule has 0 bridgehead atoms. The number of hydrogen-bond donors (Lipinski definition) is 0. The minimum atomic E-state index is -0.790. The standard InChI is InChI=1S/C18H25ClF2/c1-2-3-4-13-5-8-15(9-6-13)16(19)11-14-7-10-17(20)18(21)12-14/h7,10,12-13,15-16H,2-6,8-9,11H2,1H3. The Hall–Kier alpha value is -0.630. The van der Waals surface area contributed by atoms with Crippen LogP contribution in [0.1, 0.15) is 57.4 Å². The Balaban J connectivity index is 1.81. The molecule has 0 aliphatic heterocycles. The summed E-state index contributed by atoms with van der Waals surface area (Å²) in [6, 6.07) is 4.11. The first-order valence-electron chi connectivity index (χ1n) is 8.18. The summed E-state index contributed by atoms with van der Waals surface area (Å²) in [6.07, 6.45) is 9.46. The molecule has 0 heterocycles. The Morgan fingerprint density at radius 2 is 1.86 bits per heavy atom. The molecule has 0 N–H and O–H groups in total. The molecule has 0 aromatic heterocycles. The van der Waals surface area contributed by atoms with E-state index in [9.17, 15) is 8.78 Å². The van der Waals surface area contributed by atoms with Crippen molar-refractivity contribution in [2.75, 3.05) is 0 Å². The van der Waals surface area contributed by atoms with Gasteiger partial charge in [-0.1, -0.05) is 45.1 Å². The number of rotatable bonds is 6. The van der Waals surface area contributed by atoms with Crippen molar-refractivity contribution < 1.29 is 8.78 Å². The van der Waals surface area contributed by atoms with Crippen LogP contribution in [0.15, 0.2) is 18.2 Å². The Bertz CT molecular complexity index is 439. The predicted octanol–water partition coefficient (Wildman–Crippen LogP) is 6.11. The van der Waals surface area contributed by atoms with E-state index in [0.717, 1.165) is 11.5 Å². The second-order valence-corrected chi connectivity index (χ2v) is 6.95. The van der Waals surface area contributed by atoms with E-state index in [1.54, 1.807) is 6.07 Å². The summed E-state index contributed by atoms with van der Waals surface area (Å²) in [6.45, 7) is 2.24.